The second-order valence-corrected chi connectivity index (χ2v) is 9.25. The zero-order valence-corrected chi connectivity index (χ0v) is 19.4. The summed E-state index contributed by atoms with van der Waals surface area (Å²) in [7, 11) is 0. The molecular formula is C25H28N6S. The maximum absolute atomic E-state index is 5.96. The molecule has 5 rings (SSSR count). The SMILES string of the molecule is Cc1cccc(NC(=S)N(Cc2cc3cc(C)ccc3n3nnnc23)C2CCCCC2)c1. The van der Waals surface area contributed by atoms with Gasteiger partial charge in [-0.15, -0.1) is 5.10 Å². The number of aryl methyl sites for hydroxylation is 2. The standard InChI is InChI=1S/C25H28N6S/c1-17-7-6-8-21(14-17)26-25(32)30(22-9-4-3-5-10-22)16-20-15-19-13-18(2)11-12-23(19)31-24(20)27-28-29-31/h6-8,11-15,22H,3-5,9-10,16H2,1-2H3,(H,26,32). The van der Waals surface area contributed by atoms with Gasteiger partial charge in [-0.25, -0.2) is 0 Å². The van der Waals surface area contributed by atoms with E-state index in [9.17, 15) is 0 Å². The van der Waals surface area contributed by atoms with Crippen LogP contribution in [0.1, 0.15) is 48.8 Å². The molecule has 1 aliphatic rings. The highest BCUT2D eigenvalue weighted by molar-refractivity contribution is 7.80. The van der Waals surface area contributed by atoms with E-state index in [1.54, 1.807) is 0 Å². The van der Waals surface area contributed by atoms with Crippen molar-refractivity contribution in [3.8, 4) is 0 Å². The third-order valence-corrected chi connectivity index (χ3v) is 6.72. The highest BCUT2D eigenvalue weighted by atomic mass is 32.1. The highest BCUT2D eigenvalue weighted by Crippen LogP contribution is 2.28. The van der Waals surface area contributed by atoms with Crippen molar-refractivity contribution in [2.24, 2.45) is 0 Å². The van der Waals surface area contributed by atoms with Gasteiger partial charge >= 0.3 is 0 Å². The van der Waals surface area contributed by atoms with Gasteiger partial charge in [0.1, 0.15) is 0 Å². The third-order valence-electron chi connectivity index (χ3n) is 6.38. The Bertz CT molecular complexity index is 1270. The van der Waals surface area contributed by atoms with Crippen LogP contribution in [0, 0.1) is 13.8 Å². The number of tetrazole rings is 1. The van der Waals surface area contributed by atoms with Gasteiger partial charge in [-0.3, -0.25) is 0 Å². The monoisotopic (exact) mass is 444 g/mol. The number of nitrogens with one attached hydrogen (secondary N) is 1. The van der Waals surface area contributed by atoms with Gasteiger partial charge in [-0.2, -0.15) is 4.52 Å². The quantitative estimate of drug-likeness (QED) is 0.424. The number of hydrogen-bond acceptors (Lipinski definition) is 4. The van der Waals surface area contributed by atoms with E-state index in [0.29, 0.717) is 12.6 Å². The fourth-order valence-corrected chi connectivity index (χ4v) is 5.09. The minimum Gasteiger partial charge on any atom is -0.342 e. The zero-order chi connectivity index (χ0) is 22.1. The molecule has 0 amide bonds. The van der Waals surface area contributed by atoms with Crippen molar-refractivity contribution < 1.29 is 0 Å². The first-order valence-electron chi connectivity index (χ1n) is 11.3. The molecule has 0 saturated heterocycles. The molecule has 32 heavy (non-hydrogen) atoms. The number of hydrogen-bond donors (Lipinski definition) is 1. The summed E-state index contributed by atoms with van der Waals surface area (Å²) < 4.78 is 1.85. The van der Waals surface area contributed by atoms with Gasteiger partial charge < -0.3 is 10.2 Å². The predicted octanol–water partition coefficient (Wildman–Crippen LogP) is 5.43. The molecule has 0 aliphatic heterocycles. The molecule has 164 valence electrons. The predicted molar refractivity (Wildman–Crippen MR) is 133 cm³/mol. The van der Waals surface area contributed by atoms with Crippen LogP contribution in [0.25, 0.3) is 16.6 Å². The number of fused-ring (bicyclic) bond motifs is 3. The van der Waals surface area contributed by atoms with Crippen molar-refractivity contribution in [3.05, 3.63) is 65.2 Å². The molecule has 2 aromatic carbocycles. The minimum atomic E-state index is 0.415. The Labute approximate surface area is 193 Å². The van der Waals surface area contributed by atoms with Gasteiger partial charge in [0.2, 0.25) is 0 Å². The molecule has 2 heterocycles. The van der Waals surface area contributed by atoms with Crippen LogP contribution in [-0.2, 0) is 6.54 Å². The molecule has 7 heteroatoms. The number of nitrogens with zero attached hydrogens (tertiary/aromatic N) is 5. The Kier molecular flexibility index (Phi) is 5.74. The van der Waals surface area contributed by atoms with E-state index in [2.05, 4.69) is 88.1 Å². The molecule has 1 saturated carbocycles. The lowest BCUT2D eigenvalue weighted by atomic mass is 9.94. The zero-order valence-electron chi connectivity index (χ0n) is 18.6. The van der Waals surface area contributed by atoms with Gasteiger partial charge in [-0.1, -0.05) is 43.0 Å². The average Bonchev–Trinajstić information content (AvgIpc) is 3.28. The largest absolute Gasteiger partial charge is 0.342 e. The Morgan fingerprint density at radius 2 is 1.88 bits per heavy atom. The van der Waals surface area contributed by atoms with E-state index in [0.717, 1.165) is 45.8 Å². The lowest BCUT2D eigenvalue weighted by Gasteiger charge is -2.36. The molecule has 1 aliphatic carbocycles. The first kappa shape index (κ1) is 20.8. The molecule has 4 aromatic rings. The van der Waals surface area contributed by atoms with Gasteiger partial charge in [-0.05, 0) is 85.2 Å². The van der Waals surface area contributed by atoms with Crippen LogP contribution in [0.2, 0.25) is 0 Å². The van der Waals surface area contributed by atoms with Crippen LogP contribution in [0.5, 0.6) is 0 Å². The number of pyridine rings is 1. The Balaban J connectivity index is 1.52. The molecule has 1 N–H and O–H groups in total. The maximum atomic E-state index is 5.96. The Morgan fingerprint density at radius 1 is 1.06 bits per heavy atom. The number of rotatable bonds is 4. The summed E-state index contributed by atoms with van der Waals surface area (Å²) in [6.07, 6.45) is 6.10. The molecule has 6 nitrogen and oxygen atoms in total. The Hall–Kier alpha value is -3.06. The fraction of sp³-hybridized carbons (Fsp3) is 0.360. The highest BCUT2D eigenvalue weighted by Gasteiger charge is 2.25. The summed E-state index contributed by atoms with van der Waals surface area (Å²) in [4.78, 5) is 2.35. The van der Waals surface area contributed by atoms with Crippen LogP contribution >= 0.6 is 12.2 Å². The first-order chi connectivity index (χ1) is 15.6. The number of benzene rings is 2. The summed E-state index contributed by atoms with van der Waals surface area (Å²) in [6.45, 7) is 4.88. The van der Waals surface area contributed by atoms with E-state index >= 15 is 0 Å². The van der Waals surface area contributed by atoms with Crippen molar-refractivity contribution in [1.82, 2.24) is 24.9 Å². The van der Waals surface area contributed by atoms with Crippen molar-refractivity contribution >= 4 is 39.6 Å². The van der Waals surface area contributed by atoms with Crippen molar-refractivity contribution in [3.63, 3.8) is 0 Å². The van der Waals surface area contributed by atoms with Crippen molar-refractivity contribution in [1.29, 1.82) is 0 Å². The van der Waals surface area contributed by atoms with Gasteiger partial charge in [0, 0.05) is 29.2 Å². The summed E-state index contributed by atoms with van der Waals surface area (Å²) in [5, 5.41) is 18.0. The molecule has 1 fully saturated rings. The molecule has 0 unspecified atom stereocenters. The second-order valence-electron chi connectivity index (χ2n) is 8.87. The van der Waals surface area contributed by atoms with Crippen LogP contribution in [0.15, 0.2) is 48.5 Å². The summed E-state index contributed by atoms with van der Waals surface area (Å²) in [5.41, 5.74) is 6.36. The topological polar surface area (TPSA) is 58.4 Å². The van der Waals surface area contributed by atoms with Crippen molar-refractivity contribution in [2.75, 3.05) is 5.32 Å². The minimum absolute atomic E-state index is 0.415. The maximum Gasteiger partial charge on any atom is 0.184 e. The number of aromatic nitrogens is 4. The van der Waals surface area contributed by atoms with E-state index < -0.39 is 0 Å². The third kappa shape index (κ3) is 4.17. The normalized spacial score (nSPS) is 14.7. The molecule has 0 spiro atoms. The Morgan fingerprint density at radius 3 is 2.69 bits per heavy atom. The van der Waals surface area contributed by atoms with Crippen LogP contribution in [0.4, 0.5) is 5.69 Å². The lowest BCUT2D eigenvalue weighted by molar-refractivity contribution is 0.241. The van der Waals surface area contributed by atoms with E-state index in [-0.39, 0.29) is 0 Å². The number of thiocarbonyl (C=S) groups is 1. The molecular weight excluding hydrogens is 416 g/mol. The number of anilines is 1. The van der Waals surface area contributed by atoms with Crippen LogP contribution in [0.3, 0.4) is 0 Å². The van der Waals surface area contributed by atoms with Crippen LogP contribution in [-0.4, -0.2) is 36.1 Å². The van der Waals surface area contributed by atoms with Gasteiger partial charge in [0.15, 0.2) is 10.8 Å². The lowest BCUT2D eigenvalue weighted by Crippen LogP contribution is -2.43. The van der Waals surface area contributed by atoms with E-state index in [4.69, 9.17) is 12.2 Å². The van der Waals surface area contributed by atoms with Crippen molar-refractivity contribution in [2.45, 2.75) is 58.5 Å². The molecule has 0 bridgehead atoms. The molecule has 0 atom stereocenters. The molecule has 2 aromatic heterocycles. The van der Waals surface area contributed by atoms with E-state index in [1.807, 2.05) is 4.52 Å². The fourth-order valence-electron chi connectivity index (χ4n) is 4.76. The smallest absolute Gasteiger partial charge is 0.184 e. The molecule has 0 radical (unpaired) electrons. The average molecular weight is 445 g/mol. The van der Waals surface area contributed by atoms with Gasteiger partial charge in [0.05, 0.1) is 5.52 Å². The van der Waals surface area contributed by atoms with Crippen LogP contribution < -0.4 is 5.32 Å². The summed E-state index contributed by atoms with van der Waals surface area (Å²) in [5.74, 6) is 0. The van der Waals surface area contributed by atoms with Gasteiger partial charge in [0.25, 0.3) is 0 Å². The summed E-state index contributed by atoms with van der Waals surface area (Å²) in [6, 6.07) is 17.4. The second kappa shape index (κ2) is 8.82. The first-order valence-corrected chi connectivity index (χ1v) is 11.7. The van der Waals surface area contributed by atoms with E-state index in [1.165, 1.54) is 30.4 Å². The summed E-state index contributed by atoms with van der Waals surface area (Å²) >= 11 is 5.96.